The Kier molecular flexibility index (Phi) is 9.47. The van der Waals surface area contributed by atoms with Gasteiger partial charge in [-0.05, 0) is 152 Å². The SMILES string of the molecule is C/C=C\C=C/c1ccc(N(c2ccc(-c3ccc4c(c3)C3=CC=CCC3N4c3ccc(B4OC(C)(C)C(C)(C)O4)cc3)cc2)c2ccc3c(c2)C(C)(C)c2ccccc2-3)cc1. The Balaban J connectivity index is 0.978. The molecule has 4 aliphatic rings. The first-order valence-corrected chi connectivity index (χ1v) is 21.7. The number of benzene rings is 6. The summed E-state index contributed by atoms with van der Waals surface area (Å²) < 4.78 is 12.7. The molecule has 0 amide bonds. The molecule has 4 nitrogen and oxygen atoms in total. The molecule has 5 heteroatoms. The summed E-state index contributed by atoms with van der Waals surface area (Å²) in [5.74, 6) is 0. The van der Waals surface area contributed by atoms with Crippen molar-refractivity contribution in [2.24, 2.45) is 0 Å². The van der Waals surface area contributed by atoms with Gasteiger partial charge >= 0.3 is 7.12 Å². The number of rotatable bonds is 8. The molecule has 0 aromatic heterocycles. The quantitative estimate of drug-likeness (QED) is 0.113. The molecule has 0 radical (unpaired) electrons. The minimum absolute atomic E-state index is 0.0949. The minimum atomic E-state index is -0.381. The maximum absolute atomic E-state index is 6.37. The molecule has 10 rings (SSSR count). The van der Waals surface area contributed by atoms with E-state index >= 15 is 0 Å². The van der Waals surface area contributed by atoms with Crippen molar-refractivity contribution in [3.05, 3.63) is 192 Å². The second-order valence-electron chi connectivity index (χ2n) is 18.3. The van der Waals surface area contributed by atoms with Crippen LogP contribution in [0, 0.1) is 0 Å². The summed E-state index contributed by atoms with van der Waals surface area (Å²) in [4.78, 5) is 4.90. The van der Waals surface area contributed by atoms with Crippen molar-refractivity contribution < 1.29 is 9.31 Å². The normalized spacial score (nSPS) is 18.9. The van der Waals surface area contributed by atoms with Gasteiger partial charge in [0.25, 0.3) is 0 Å². The number of allylic oxidation sites excluding steroid dienone is 5. The molecule has 1 unspecified atom stereocenters. The van der Waals surface area contributed by atoms with Gasteiger partial charge in [0, 0.05) is 39.4 Å². The Morgan fingerprint density at radius 3 is 2.02 bits per heavy atom. The summed E-state index contributed by atoms with van der Waals surface area (Å²) in [5, 5.41) is 0. The fourth-order valence-corrected chi connectivity index (χ4v) is 9.64. The fraction of sp³-hybridized carbons (Fsp3) is 0.214. The third-order valence-corrected chi connectivity index (χ3v) is 13.7. The summed E-state index contributed by atoms with van der Waals surface area (Å²) in [5.41, 5.74) is 17.6. The first-order valence-electron chi connectivity index (χ1n) is 21.7. The van der Waals surface area contributed by atoms with E-state index in [-0.39, 0.29) is 29.8 Å². The van der Waals surface area contributed by atoms with Crippen molar-refractivity contribution in [2.45, 2.75) is 77.5 Å². The van der Waals surface area contributed by atoms with E-state index in [0.29, 0.717) is 0 Å². The highest BCUT2D eigenvalue weighted by atomic mass is 16.7. The Bertz CT molecular complexity index is 2760. The van der Waals surface area contributed by atoms with Gasteiger partial charge in [0.2, 0.25) is 0 Å². The zero-order valence-electron chi connectivity index (χ0n) is 36.3. The minimum Gasteiger partial charge on any atom is -0.399 e. The molecular formula is C56H53BN2O2. The zero-order valence-corrected chi connectivity index (χ0v) is 36.3. The Hall–Kier alpha value is -6.14. The lowest BCUT2D eigenvalue weighted by atomic mass is 9.79. The third kappa shape index (κ3) is 6.63. The van der Waals surface area contributed by atoms with Gasteiger partial charge in [-0.15, -0.1) is 0 Å². The van der Waals surface area contributed by atoms with E-state index in [4.69, 9.17) is 9.31 Å². The number of hydrogen-bond donors (Lipinski definition) is 0. The third-order valence-electron chi connectivity index (χ3n) is 13.7. The predicted octanol–water partition coefficient (Wildman–Crippen LogP) is 13.9. The van der Waals surface area contributed by atoms with Gasteiger partial charge in [-0.25, -0.2) is 0 Å². The van der Waals surface area contributed by atoms with Crippen molar-refractivity contribution in [1.29, 1.82) is 0 Å². The van der Waals surface area contributed by atoms with Gasteiger partial charge in [-0.3, -0.25) is 0 Å². The van der Waals surface area contributed by atoms with E-state index in [0.717, 1.165) is 28.9 Å². The van der Waals surface area contributed by atoms with Crippen molar-refractivity contribution in [1.82, 2.24) is 0 Å². The second-order valence-corrected chi connectivity index (χ2v) is 18.3. The van der Waals surface area contributed by atoms with Crippen LogP contribution < -0.4 is 15.3 Å². The van der Waals surface area contributed by atoms with Crippen molar-refractivity contribution in [3.63, 3.8) is 0 Å². The van der Waals surface area contributed by atoms with E-state index in [1.165, 1.54) is 61.5 Å². The molecule has 6 aromatic rings. The smallest absolute Gasteiger partial charge is 0.399 e. The molecule has 0 spiro atoms. The van der Waals surface area contributed by atoms with Crippen LogP contribution in [0.4, 0.5) is 28.4 Å². The molecular weight excluding hydrogens is 743 g/mol. The maximum Gasteiger partial charge on any atom is 0.494 e. The van der Waals surface area contributed by atoms with Crippen molar-refractivity contribution >= 4 is 52.7 Å². The molecule has 6 aromatic carbocycles. The highest BCUT2D eigenvalue weighted by Gasteiger charge is 2.51. The average Bonchev–Trinajstić information content (AvgIpc) is 3.81. The van der Waals surface area contributed by atoms with Crippen LogP contribution in [0.3, 0.4) is 0 Å². The molecule has 1 saturated heterocycles. The average molecular weight is 797 g/mol. The van der Waals surface area contributed by atoms with Gasteiger partial charge in [-0.1, -0.05) is 129 Å². The van der Waals surface area contributed by atoms with Crippen LogP contribution in [0.25, 0.3) is 33.9 Å². The van der Waals surface area contributed by atoms with Gasteiger partial charge < -0.3 is 19.1 Å². The van der Waals surface area contributed by atoms with Gasteiger partial charge in [0.1, 0.15) is 0 Å². The molecule has 61 heavy (non-hydrogen) atoms. The first kappa shape index (κ1) is 39.0. The lowest BCUT2D eigenvalue weighted by Gasteiger charge is -2.32. The van der Waals surface area contributed by atoms with Crippen LogP contribution in [-0.4, -0.2) is 24.4 Å². The molecule has 0 saturated carbocycles. The van der Waals surface area contributed by atoms with E-state index in [1.807, 2.05) is 13.0 Å². The van der Waals surface area contributed by atoms with Gasteiger partial charge in [0.05, 0.1) is 17.2 Å². The lowest BCUT2D eigenvalue weighted by Crippen LogP contribution is -2.41. The molecule has 302 valence electrons. The molecule has 0 bridgehead atoms. The number of hydrogen-bond acceptors (Lipinski definition) is 4. The summed E-state index contributed by atoms with van der Waals surface area (Å²) >= 11 is 0. The van der Waals surface area contributed by atoms with E-state index in [9.17, 15) is 0 Å². The van der Waals surface area contributed by atoms with Gasteiger partial charge in [-0.2, -0.15) is 0 Å². The standard InChI is InChI=1S/C56H53BN2O2/c1-8-9-10-15-38-20-27-42(28-21-38)58(45-33-34-47-46-16-11-13-18-50(46)54(2,3)51(47)37-45)43-29-22-39(23-30-43)40-24-35-53-49(36-40)48-17-12-14-19-52(48)59(53)44-31-25-41(26-32-44)57-60-55(4,5)56(6,7)61-57/h8-18,20-37,52H,19H2,1-7H3/b9-8-,15-10-. The van der Waals surface area contributed by atoms with Crippen LogP contribution >= 0.6 is 0 Å². The summed E-state index contributed by atoms with van der Waals surface area (Å²) in [6.45, 7) is 15.1. The Morgan fingerprint density at radius 1 is 0.639 bits per heavy atom. The number of anilines is 5. The van der Waals surface area contributed by atoms with Crippen LogP contribution in [0.5, 0.6) is 0 Å². The predicted molar refractivity (Wildman–Crippen MR) is 258 cm³/mol. The monoisotopic (exact) mass is 796 g/mol. The first-order chi connectivity index (χ1) is 29.4. The molecule has 2 aliphatic heterocycles. The van der Waals surface area contributed by atoms with Crippen LogP contribution in [0.2, 0.25) is 0 Å². The van der Waals surface area contributed by atoms with E-state index in [2.05, 4.69) is 221 Å². The summed E-state index contributed by atoms with van der Waals surface area (Å²) in [6.07, 6.45) is 16.1. The summed E-state index contributed by atoms with van der Waals surface area (Å²) in [7, 11) is -0.381. The maximum atomic E-state index is 6.37. The van der Waals surface area contributed by atoms with Crippen LogP contribution in [-0.2, 0) is 14.7 Å². The second kappa shape index (κ2) is 14.8. The summed E-state index contributed by atoms with van der Waals surface area (Å²) in [6, 6.07) is 49.8. The highest BCUT2D eigenvalue weighted by molar-refractivity contribution is 6.62. The van der Waals surface area contributed by atoms with Crippen molar-refractivity contribution in [3.8, 4) is 22.3 Å². The van der Waals surface area contributed by atoms with Crippen LogP contribution in [0.1, 0.15) is 77.1 Å². The molecule has 0 N–H and O–H groups in total. The number of nitrogens with zero attached hydrogens (tertiary/aromatic N) is 2. The van der Waals surface area contributed by atoms with Gasteiger partial charge in [0.15, 0.2) is 0 Å². The zero-order chi connectivity index (χ0) is 42.1. The number of fused-ring (bicyclic) bond motifs is 6. The Labute approximate surface area is 362 Å². The lowest BCUT2D eigenvalue weighted by molar-refractivity contribution is 0.00578. The van der Waals surface area contributed by atoms with Crippen LogP contribution in [0.15, 0.2) is 170 Å². The van der Waals surface area contributed by atoms with E-state index < -0.39 is 0 Å². The highest BCUT2D eigenvalue weighted by Crippen LogP contribution is 2.52. The largest absolute Gasteiger partial charge is 0.494 e. The topological polar surface area (TPSA) is 24.9 Å². The molecule has 2 heterocycles. The fourth-order valence-electron chi connectivity index (χ4n) is 9.64. The molecule has 1 fully saturated rings. The Morgan fingerprint density at radius 2 is 1.30 bits per heavy atom. The van der Waals surface area contributed by atoms with Crippen molar-refractivity contribution in [2.75, 3.05) is 9.80 Å². The molecule has 2 aliphatic carbocycles. The van der Waals surface area contributed by atoms with E-state index in [1.54, 1.807) is 0 Å². The molecule has 1 atom stereocenters.